The highest BCUT2D eigenvalue weighted by molar-refractivity contribution is 5.84. The third kappa shape index (κ3) is 6.58. The van der Waals surface area contributed by atoms with Crippen molar-refractivity contribution in [3.05, 3.63) is 54.1 Å². The lowest BCUT2D eigenvalue weighted by Gasteiger charge is -2.41. The van der Waals surface area contributed by atoms with E-state index in [1.807, 2.05) is 60.5 Å². The Morgan fingerprint density at radius 2 is 1.80 bits per heavy atom. The number of para-hydroxylation sites is 1. The van der Waals surface area contributed by atoms with Crippen molar-refractivity contribution < 1.29 is 24.2 Å². The Bertz CT molecular complexity index is 1210. The van der Waals surface area contributed by atoms with Gasteiger partial charge in [0.1, 0.15) is 11.5 Å². The highest BCUT2D eigenvalue weighted by Gasteiger charge is 2.34. The molecule has 2 heterocycles. The van der Waals surface area contributed by atoms with E-state index in [0.29, 0.717) is 57.3 Å². The minimum atomic E-state index is -0.729. The molecule has 1 atom stereocenters. The molecular formula is C31H40N4O5. The SMILES string of the molecule is CN(C(=O)CCC(C1CCOCC1)N1Cc2cc(Oc3ccccc3)ccc2N=C1N)C1CCC(C(=O)O)CC1. The van der Waals surface area contributed by atoms with E-state index >= 15 is 0 Å². The van der Waals surface area contributed by atoms with Crippen molar-refractivity contribution in [2.75, 3.05) is 20.3 Å². The third-order valence-electron chi connectivity index (χ3n) is 8.75. The van der Waals surface area contributed by atoms with Gasteiger partial charge in [-0.25, -0.2) is 4.99 Å². The smallest absolute Gasteiger partial charge is 0.306 e. The molecular weight excluding hydrogens is 508 g/mol. The molecule has 3 aliphatic rings. The van der Waals surface area contributed by atoms with Gasteiger partial charge in [0.2, 0.25) is 5.91 Å². The molecule has 0 aromatic heterocycles. The van der Waals surface area contributed by atoms with Gasteiger partial charge in [0.15, 0.2) is 5.96 Å². The summed E-state index contributed by atoms with van der Waals surface area (Å²) < 4.78 is 11.7. The summed E-state index contributed by atoms with van der Waals surface area (Å²) in [5, 5.41) is 9.31. The number of fused-ring (bicyclic) bond motifs is 1. The number of hydrogen-bond donors (Lipinski definition) is 2. The van der Waals surface area contributed by atoms with Crippen LogP contribution in [0.1, 0.15) is 56.9 Å². The number of nitrogens with two attached hydrogens (primary N) is 1. The van der Waals surface area contributed by atoms with Gasteiger partial charge in [-0.05, 0) is 81.2 Å². The van der Waals surface area contributed by atoms with Crippen LogP contribution in [0, 0.1) is 11.8 Å². The monoisotopic (exact) mass is 548 g/mol. The first-order chi connectivity index (χ1) is 19.4. The Morgan fingerprint density at radius 3 is 2.50 bits per heavy atom. The van der Waals surface area contributed by atoms with Crippen LogP contribution in [0.5, 0.6) is 11.5 Å². The first-order valence-electron chi connectivity index (χ1n) is 14.4. The lowest BCUT2D eigenvalue weighted by Crippen LogP contribution is -2.50. The van der Waals surface area contributed by atoms with Crippen molar-refractivity contribution in [1.82, 2.24) is 9.80 Å². The van der Waals surface area contributed by atoms with Crippen molar-refractivity contribution in [3.8, 4) is 11.5 Å². The molecule has 3 N–H and O–H groups in total. The van der Waals surface area contributed by atoms with Crippen LogP contribution in [0.3, 0.4) is 0 Å². The second-order valence-corrected chi connectivity index (χ2v) is 11.2. The topological polar surface area (TPSA) is 118 Å². The Balaban J connectivity index is 1.27. The Hall–Kier alpha value is -3.59. The van der Waals surface area contributed by atoms with Crippen LogP contribution in [0.15, 0.2) is 53.5 Å². The molecule has 2 aromatic carbocycles. The summed E-state index contributed by atoms with van der Waals surface area (Å²) in [6, 6.07) is 15.7. The van der Waals surface area contributed by atoms with Crippen LogP contribution < -0.4 is 10.5 Å². The van der Waals surface area contributed by atoms with Gasteiger partial charge in [0.25, 0.3) is 0 Å². The van der Waals surface area contributed by atoms with Gasteiger partial charge in [0.05, 0.1) is 11.6 Å². The summed E-state index contributed by atoms with van der Waals surface area (Å²) in [6.45, 7) is 2.01. The first-order valence-corrected chi connectivity index (χ1v) is 14.4. The van der Waals surface area contributed by atoms with E-state index < -0.39 is 5.97 Å². The molecule has 0 bridgehead atoms. The van der Waals surface area contributed by atoms with Crippen LogP contribution in [0.25, 0.3) is 0 Å². The fourth-order valence-corrected chi connectivity index (χ4v) is 6.33. The number of carboxylic acid groups (broad SMARTS) is 1. The molecule has 2 fully saturated rings. The fourth-order valence-electron chi connectivity index (χ4n) is 6.33. The van der Waals surface area contributed by atoms with Crippen molar-refractivity contribution in [2.45, 2.75) is 70.0 Å². The van der Waals surface area contributed by atoms with Gasteiger partial charge in [-0.1, -0.05) is 18.2 Å². The number of nitrogens with zero attached hydrogens (tertiary/aromatic N) is 3. The van der Waals surface area contributed by atoms with Crippen LogP contribution in [-0.2, 0) is 20.9 Å². The van der Waals surface area contributed by atoms with Gasteiger partial charge in [-0.15, -0.1) is 0 Å². The molecule has 9 heteroatoms. The van der Waals surface area contributed by atoms with E-state index in [1.165, 1.54) is 0 Å². The predicted octanol–water partition coefficient (Wildman–Crippen LogP) is 4.92. The molecule has 1 aliphatic carbocycles. The first kappa shape index (κ1) is 28.0. The van der Waals surface area contributed by atoms with Crippen LogP contribution in [0.2, 0.25) is 0 Å². The van der Waals surface area contributed by atoms with Gasteiger partial charge >= 0.3 is 5.97 Å². The minimum absolute atomic E-state index is 0.0552. The fraction of sp³-hybridized carbons (Fsp3) is 0.516. The van der Waals surface area contributed by atoms with Crippen molar-refractivity contribution >= 4 is 23.5 Å². The van der Waals surface area contributed by atoms with Crippen molar-refractivity contribution in [3.63, 3.8) is 0 Å². The second kappa shape index (κ2) is 12.7. The Labute approximate surface area is 236 Å². The van der Waals surface area contributed by atoms with Gasteiger partial charge in [0, 0.05) is 50.9 Å². The van der Waals surface area contributed by atoms with E-state index in [2.05, 4.69) is 4.90 Å². The largest absolute Gasteiger partial charge is 0.481 e. The van der Waals surface area contributed by atoms with E-state index in [4.69, 9.17) is 20.2 Å². The molecule has 40 heavy (non-hydrogen) atoms. The number of benzene rings is 2. The zero-order valence-corrected chi connectivity index (χ0v) is 23.2. The predicted molar refractivity (Wildman–Crippen MR) is 153 cm³/mol. The maximum absolute atomic E-state index is 13.3. The molecule has 0 spiro atoms. The number of guanidine groups is 1. The van der Waals surface area contributed by atoms with Crippen LogP contribution >= 0.6 is 0 Å². The zero-order valence-electron chi connectivity index (χ0n) is 23.2. The molecule has 2 aromatic rings. The number of rotatable bonds is 9. The van der Waals surface area contributed by atoms with E-state index in [-0.39, 0.29) is 23.9 Å². The summed E-state index contributed by atoms with van der Waals surface area (Å²) in [7, 11) is 1.86. The lowest BCUT2D eigenvalue weighted by atomic mass is 9.85. The minimum Gasteiger partial charge on any atom is -0.481 e. The van der Waals surface area contributed by atoms with Gasteiger partial charge in [-0.3, -0.25) is 9.59 Å². The standard InChI is InChI=1S/C31H40N4O5/c1-34(24-9-7-22(8-10-24)30(37)38)29(36)14-13-28(21-15-17-39-18-16-21)35-20-23-19-26(11-12-27(23)33-31(35)32)40-25-5-3-2-4-6-25/h2-6,11-12,19,21-22,24,28H,7-10,13-18,20H2,1H3,(H2,32,33)(H,37,38). The molecule has 1 unspecified atom stereocenters. The maximum atomic E-state index is 13.3. The van der Waals surface area contributed by atoms with Crippen LogP contribution in [0.4, 0.5) is 5.69 Å². The average Bonchev–Trinajstić information content (AvgIpc) is 2.98. The van der Waals surface area contributed by atoms with Crippen molar-refractivity contribution in [1.29, 1.82) is 0 Å². The molecule has 1 saturated carbocycles. The van der Waals surface area contributed by atoms with Crippen LogP contribution in [-0.4, -0.2) is 65.1 Å². The third-order valence-corrected chi connectivity index (χ3v) is 8.75. The van der Waals surface area contributed by atoms with Crippen molar-refractivity contribution in [2.24, 2.45) is 22.6 Å². The number of ether oxygens (including phenoxy) is 2. The van der Waals surface area contributed by atoms with E-state index in [9.17, 15) is 14.7 Å². The number of aliphatic imine (C=N–C) groups is 1. The summed E-state index contributed by atoms with van der Waals surface area (Å²) in [4.78, 5) is 33.4. The molecule has 9 nitrogen and oxygen atoms in total. The van der Waals surface area contributed by atoms with Gasteiger partial charge in [-0.2, -0.15) is 0 Å². The lowest BCUT2D eigenvalue weighted by molar-refractivity contribution is -0.143. The number of carbonyl (C=O) groups excluding carboxylic acids is 1. The normalized spacial score (nSPS) is 22.1. The highest BCUT2D eigenvalue weighted by Crippen LogP contribution is 2.35. The Kier molecular flexibility index (Phi) is 8.89. The van der Waals surface area contributed by atoms with Gasteiger partial charge < -0.3 is 30.1 Å². The molecule has 0 radical (unpaired) electrons. The summed E-state index contributed by atoms with van der Waals surface area (Å²) >= 11 is 0. The maximum Gasteiger partial charge on any atom is 0.306 e. The van der Waals surface area contributed by atoms with E-state index in [0.717, 1.165) is 48.4 Å². The number of carboxylic acids is 1. The number of hydrogen-bond acceptors (Lipinski definition) is 7. The number of amides is 1. The molecule has 1 saturated heterocycles. The quantitative estimate of drug-likeness (QED) is 0.457. The molecule has 214 valence electrons. The summed E-state index contributed by atoms with van der Waals surface area (Å²) in [5.74, 6) is 1.43. The summed E-state index contributed by atoms with van der Waals surface area (Å²) in [6.07, 6.45) is 5.63. The number of aliphatic carboxylic acids is 1. The second-order valence-electron chi connectivity index (χ2n) is 11.2. The Morgan fingerprint density at radius 1 is 1.07 bits per heavy atom. The zero-order chi connectivity index (χ0) is 28.1. The highest BCUT2D eigenvalue weighted by atomic mass is 16.5. The summed E-state index contributed by atoms with van der Waals surface area (Å²) in [5.41, 5.74) is 8.43. The average molecular weight is 549 g/mol. The van der Waals surface area contributed by atoms with E-state index in [1.54, 1.807) is 0 Å². The molecule has 2 aliphatic heterocycles. The number of carbonyl (C=O) groups is 2. The molecule has 1 amide bonds. The molecule has 5 rings (SSSR count).